The van der Waals surface area contributed by atoms with Crippen LogP contribution in [0.25, 0.3) is 11.4 Å². The number of aromatic amines is 1. The molecule has 2 rings (SSSR count). The minimum atomic E-state index is -0.259. The molecule has 0 saturated heterocycles. The second-order valence-corrected chi connectivity index (χ2v) is 5.47. The first-order valence-electron chi connectivity index (χ1n) is 5.27. The summed E-state index contributed by atoms with van der Waals surface area (Å²) in [5.41, 5.74) is 0.960. The van der Waals surface area contributed by atoms with Gasteiger partial charge in [-0.25, -0.2) is 4.98 Å². The lowest BCUT2D eigenvalue weighted by atomic mass is 10.2. The fourth-order valence-electron chi connectivity index (χ4n) is 1.57. The van der Waals surface area contributed by atoms with Crippen molar-refractivity contribution in [2.45, 2.75) is 6.92 Å². The van der Waals surface area contributed by atoms with Gasteiger partial charge in [0.05, 0.1) is 17.3 Å². The third-order valence-corrected chi connectivity index (χ3v) is 4.09. The van der Waals surface area contributed by atoms with Crippen molar-refractivity contribution in [2.24, 2.45) is 0 Å². The molecule has 0 unspecified atom stereocenters. The number of aromatic nitrogens is 2. The van der Waals surface area contributed by atoms with Crippen LogP contribution in [0, 0.1) is 6.92 Å². The van der Waals surface area contributed by atoms with E-state index in [1.54, 1.807) is 19.1 Å². The zero-order valence-electron chi connectivity index (χ0n) is 10.1. The number of phenolic OH excluding ortho intramolecular Hbond substituents is 1. The number of aromatic hydroxyl groups is 1. The fraction of sp³-hybridized carbons (Fsp3) is 0.167. The number of H-pyrrole nitrogens is 1. The van der Waals surface area contributed by atoms with Crippen LogP contribution in [0.5, 0.6) is 11.5 Å². The van der Waals surface area contributed by atoms with Gasteiger partial charge >= 0.3 is 0 Å². The molecule has 0 aliphatic heterocycles. The van der Waals surface area contributed by atoms with Crippen molar-refractivity contribution in [1.29, 1.82) is 0 Å². The van der Waals surface area contributed by atoms with Gasteiger partial charge in [0.1, 0.15) is 10.3 Å². The Morgan fingerprint density at radius 3 is 2.63 bits per heavy atom. The van der Waals surface area contributed by atoms with E-state index in [1.807, 2.05) is 0 Å². The average Bonchev–Trinajstić information content (AvgIpc) is 2.38. The molecule has 0 radical (unpaired) electrons. The maximum atomic E-state index is 11.7. The van der Waals surface area contributed by atoms with Crippen LogP contribution >= 0.6 is 31.9 Å². The Balaban J connectivity index is 2.66. The van der Waals surface area contributed by atoms with Gasteiger partial charge < -0.3 is 14.8 Å². The van der Waals surface area contributed by atoms with Crippen LogP contribution in [0.15, 0.2) is 25.9 Å². The number of ether oxygens (including phenoxy) is 1. The number of hydrogen-bond acceptors (Lipinski definition) is 4. The molecule has 1 heterocycles. The highest BCUT2D eigenvalue weighted by Gasteiger charge is 2.13. The number of nitrogens with one attached hydrogen (secondary N) is 1. The molecule has 0 saturated carbocycles. The third kappa shape index (κ3) is 2.66. The summed E-state index contributed by atoms with van der Waals surface area (Å²) in [6.45, 7) is 1.73. The molecular weight excluding hydrogens is 380 g/mol. The van der Waals surface area contributed by atoms with Crippen molar-refractivity contribution in [3.63, 3.8) is 0 Å². The van der Waals surface area contributed by atoms with Gasteiger partial charge in [-0.2, -0.15) is 0 Å². The van der Waals surface area contributed by atoms with Gasteiger partial charge in [0.2, 0.25) is 0 Å². The number of nitrogens with zero attached hydrogens (tertiary/aromatic N) is 1. The lowest BCUT2D eigenvalue weighted by molar-refractivity contribution is 0.372. The summed E-state index contributed by atoms with van der Waals surface area (Å²) in [5.74, 6) is 0.708. The molecule has 0 aliphatic rings. The SMILES string of the molecule is COc1cc(-c2nc(C)c(Br)c(=O)[nH]2)cc(Br)c1O. The highest BCUT2D eigenvalue weighted by atomic mass is 79.9. The van der Waals surface area contributed by atoms with Crippen LogP contribution in [0.3, 0.4) is 0 Å². The van der Waals surface area contributed by atoms with Crippen molar-refractivity contribution in [3.05, 3.63) is 37.1 Å². The predicted molar refractivity (Wildman–Crippen MR) is 78.6 cm³/mol. The van der Waals surface area contributed by atoms with Gasteiger partial charge in [0, 0.05) is 5.56 Å². The zero-order valence-corrected chi connectivity index (χ0v) is 13.3. The Bertz CT molecular complexity index is 698. The number of hydrogen-bond donors (Lipinski definition) is 2. The monoisotopic (exact) mass is 388 g/mol. The minimum absolute atomic E-state index is 0.00225. The van der Waals surface area contributed by atoms with Gasteiger partial charge in [-0.1, -0.05) is 0 Å². The minimum Gasteiger partial charge on any atom is -0.503 e. The normalized spacial score (nSPS) is 10.5. The van der Waals surface area contributed by atoms with E-state index < -0.39 is 0 Å². The summed E-state index contributed by atoms with van der Waals surface area (Å²) in [4.78, 5) is 18.7. The first kappa shape index (κ1) is 14.1. The molecule has 0 fully saturated rings. The van der Waals surface area contributed by atoms with Gasteiger partial charge in [0.15, 0.2) is 11.5 Å². The number of benzene rings is 1. The highest BCUT2D eigenvalue weighted by Crippen LogP contribution is 2.37. The third-order valence-electron chi connectivity index (χ3n) is 2.55. The van der Waals surface area contributed by atoms with Crippen LogP contribution in [-0.2, 0) is 0 Å². The fourth-order valence-corrected chi connectivity index (χ4v) is 2.20. The van der Waals surface area contributed by atoms with Gasteiger partial charge in [-0.15, -0.1) is 0 Å². The van der Waals surface area contributed by atoms with Crippen molar-refractivity contribution in [3.8, 4) is 22.9 Å². The van der Waals surface area contributed by atoms with Gasteiger partial charge in [-0.3, -0.25) is 4.79 Å². The van der Waals surface area contributed by atoms with Gasteiger partial charge in [-0.05, 0) is 50.9 Å². The van der Waals surface area contributed by atoms with Gasteiger partial charge in [0.25, 0.3) is 5.56 Å². The van der Waals surface area contributed by atoms with Crippen LogP contribution in [0.2, 0.25) is 0 Å². The van der Waals surface area contributed by atoms with Crippen molar-refractivity contribution >= 4 is 31.9 Å². The number of methoxy groups -OCH3 is 1. The summed E-state index contributed by atoms with van der Waals surface area (Å²) >= 11 is 6.39. The van der Waals surface area contributed by atoms with Crippen molar-refractivity contribution in [1.82, 2.24) is 9.97 Å². The topological polar surface area (TPSA) is 75.2 Å². The number of phenols is 1. The second kappa shape index (κ2) is 5.34. The molecule has 0 bridgehead atoms. The molecule has 0 spiro atoms. The standard InChI is InChI=1S/C12H10Br2N2O3/c1-5-9(14)12(18)16-11(15-5)6-3-7(13)10(17)8(4-6)19-2/h3-4,17H,1-2H3,(H,15,16,18). The van der Waals surface area contributed by atoms with E-state index in [0.717, 1.165) is 0 Å². The average molecular weight is 390 g/mol. The summed E-state index contributed by atoms with van der Waals surface area (Å²) < 4.78 is 5.93. The lowest BCUT2D eigenvalue weighted by Crippen LogP contribution is -2.11. The molecular formula is C12H10Br2N2O3. The second-order valence-electron chi connectivity index (χ2n) is 3.82. The van der Waals surface area contributed by atoms with E-state index in [2.05, 4.69) is 41.8 Å². The molecule has 2 N–H and O–H groups in total. The first-order chi connectivity index (χ1) is 8.93. The summed E-state index contributed by atoms with van der Waals surface area (Å²) in [5, 5.41) is 9.75. The molecule has 1 aromatic carbocycles. The van der Waals surface area contributed by atoms with Crippen LogP contribution in [0.1, 0.15) is 5.69 Å². The zero-order chi connectivity index (χ0) is 14.2. The van der Waals surface area contributed by atoms with E-state index in [-0.39, 0.29) is 11.3 Å². The Hall–Kier alpha value is -1.34. The molecule has 2 aromatic rings. The van der Waals surface area contributed by atoms with E-state index in [0.29, 0.717) is 31.8 Å². The van der Waals surface area contributed by atoms with Crippen LogP contribution in [-0.4, -0.2) is 22.2 Å². The smallest absolute Gasteiger partial charge is 0.265 e. The van der Waals surface area contributed by atoms with E-state index >= 15 is 0 Å². The molecule has 19 heavy (non-hydrogen) atoms. The molecule has 0 amide bonds. The lowest BCUT2D eigenvalue weighted by Gasteiger charge is -2.09. The number of aryl methyl sites for hydroxylation is 1. The quantitative estimate of drug-likeness (QED) is 0.827. The molecule has 100 valence electrons. The summed E-state index contributed by atoms with van der Waals surface area (Å²) in [6.07, 6.45) is 0. The number of halogens is 2. The maximum absolute atomic E-state index is 11.7. The van der Waals surface area contributed by atoms with E-state index in [4.69, 9.17) is 4.74 Å². The van der Waals surface area contributed by atoms with E-state index in [1.165, 1.54) is 7.11 Å². The Kier molecular flexibility index (Phi) is 3.96. The molecule has 7 heteroatoms. The van der Waals surface area contributed by atoms with Crippen LogP contribution in [0.4, 0.5) is 0 Å². The summed E-state index contributed by atoms with van der Waals surface area (Å²) in [7, 11) is 1.45. The van der Waals surface area contributed by atoms with Crippen molar-refractivity contribution in [2.75, 3.05) is 7.11 Å². The molecule has 0 aliphatic carbocycles. The maximum Gasteiger partial charge on any atom is 0.265 e. The highest BCUT2D eigenvalue weighted by molar-refractivity contribution is 9.10. The number of rotatable bonds is 2. The largest absolute Gasteiger partial charge is 0.503 e. The predicted octanol–water partition coefficient (Wildman–Crippen LogP) is 2.98. The Morgan fingerprint density at radius 2 is 2.05 bits per heavy atom. The Labute approximate surface area is 125 Å². The van der Waals surface area contributed by atoms with Crippen molar-refractivity contribution < 1.29 is 9.84 Å². The first-order valence-corrected chi connectivity index (χ1v) is 6.86. The van der Waals surface area contributed by atoms with Crippen LogP contribution < -0.4 is 10.3 Å². The molecule has 1 aromatic heterocycles. The summed E-state index contributed by atoms with van der Waals surface area (Å²) in [6, 6.07) is 3.26. The Morgan fingerprint density at radius 1 is 1.37 bits per heavy atom. The molecule has 0 atom stereocenters. The molecule has 5 nitrogen and oxygen atoms in total. The van der Waals surface area contributed by atoms with E-state index in [9.17, 15) is 9.90 Å².